The van der Waals surface area contributed by atoms with Crippen molar-refractivity contribution < 1.29 is 4.74 Å². The fourth-order valence-corrected chi connectivity index (χ4v) is 4.52. The fourth-order valence-electron chi connectivity index (χ4n) is 4.52. The maximum absolute atomic E-state index is 8.08. The van der Waals surface area contributed by atoms with E-state index in [-0.39, 0.29) is 11.9 Å². The van der Waals surface area contributed by atoms with Gasteiger partial charge < -0.3 is 20.7 Å². The molecule has 0 bridgehead atoms. The van der Waals surface area contributed by atoms with E-state index in [0.29, 0.717) is 30.4 Å². The molecular weight excluding hydrogens is 380 g/mol. The molecule has 4 N–H and O–H groups in total. The van der Waals surface area contributed by atoms with Gasteiger partial charge in [0.1, 0.15) is 11.5 Å². The lowest BCUT2D eigenvalue weighted by molar-refractivity contribution is 0.0787. The second kappa shape index (κ2) is 10.2. The van der Waals surface area contributed by atoms with Gasteiger partial charge in [-0.1, -0.05) is 6.92 Å². The van der Waals surface area contributed by atoms with Gasteiger partial charge in [0.25, 0.3) is 6.02 Å². The molecule has 2 aliphatic rings. The molecule has 9 nitrogen and oxygen atoms in total. The van der Waals surface area contributed by atoms with E-state index in [9.17, 15) is 0 Å². The number of ether oxygens (including phenoxy) is 1. The number of hydrogen-bond donors (Lipinski definition) is 3. The molecule has 2 fully saturated rings. The first-order chi connectivity index (χ1) is 14.4. The number of amidine groups is 1. The zero-order valence-electron chi connectivity index (χ0n) is 18.7. The van der Waals surface area contributed by atoms with Crippen LogP contribution in [0.1, 0.15) is 51.4 Å². The minimum absolute atomic E-state index is 0.0283. The third kappa shape index (κ3) is 5.07. The van der Waals surface area contributed by atoms with Crippen LogP contribution in [0.5, 0.6) is 0 Å². The lowest BCUT2D eigenvalue weighted by Gasteiger charge is -2.49. The maximum Gasteiger partial charge on any atom is 0.288 e. The molecule has 2 aliphatic heterocycles. The Morgan fingerprint density at radius 1 is 1.33 bits per heavy atom. The van der Waals surface area contributed by atoms with Gasteiger partial charge in [-0.25, -0.2) is 15.0 Å². The second-order valence-corrected chi connectivity index (χ2v) is 8.15. The lowest BCUT2D eigenvalue weighted by Crippen LogP contribution is -2.61. The van der Waals surface area contributed by atoms with Crippen LogP contribution in [0.2, 0.25) is 0 Å². The van der Waals surface area contributed by atoms with Gasteiger partial charge in [0.15, 0.2) is 0 Å². The van der Waals surface area contributed by atoms with Gasteiger partial charge in [-0.2, -0.15) is 0 Å². The van der Waals surface area contributed by atoms with Crippen LogP contribution in [0.25, 0.3) is 0 Å². The van der Waals surface area contributed by atoms with Gasteiger partial charge in [0, 0.05) is 37.8 Å². The standard InChI is InChI=1S/C21H36N8O/c1-5-16-13-28(14(3)12-29(16)17-7-9-24-10-8-17)20-15(4)27-18(11-26-20)19(22)30-21(23)25-6-2/h11,14,16-17,22,24H,5-10,12-13H2,1-4H3,(H2,23,25)/t14-,16+/m1/s1. The Bertz CT molecular complexity index is 761. The summed E-state index contributed by atoms with van der Waals surface area (Å²) in [6.45, 7) is 13.0. The highest BCUT2D eigenvalue weighted by atomic mass is 16.5. The summed E-state index contributed by atoms with van der Waals surface area (Å²) in [4.78, 5) is 18.3. The Balaban J connectivity index is 1.73. The van der Waals surface area contributed by atoms with Crippen molar-refractivity contribution in [1.29, 1.82) is 5.41 Å². The maximum atomic E-state index is 8.08. The topological polar surface area (TPSA) is 116 Å². The predicted octanol–water partition coefficient (Wildman–Crippen LogP) is 1.50. The summed E-state index contributed by atoms with van der Waals surface area (Å²) in [5.41, 5.74) is 6.81. The molecule has 0 aromatic carbocycles. The molecule has 3 rings (SSSR count). The number of nitrogens with zero attached hydrogens (tertiary/aromatic N) is 5. The monoisotopic (exact) mass is 416 g/mol. The van der Waals surface area contributed by atoms with Gasteiger partial charge in [0.05, 0.1) is 11.9 Å². The van der Waals surface area contributed by atoms with E-state index in [1.807, 2.05) is 13.8 Å². The number of hydrogen-bond acceptors (Lipinski definition) is 8. The SMILES string of the molecule is CCN=C(N)OC(=N)c1cnc(N2C[C@H](CC)N(C3CCNCC3)C[C@H]2C)c(C)n1. The van der Waals surface area contributed by atoms with Crippen LogP contribution < -0.4 is 16.0 Å². The average Bonchev–Trinajstić information content (AvgIpc) is 2.74. The van der Waals surface area contributed by atoms with Crippen molar-refractivity contribution in [3.05, 3.63) is 17.6 Å². The Hall–Kier alpha value is -2.26. The van der Waals surface area contributed by atoms with Crippen molar-refractivity contribution in [3.63, 3.8) is 0 Å². The number of aryl methyl sites for hydroxylation is 1. The Morgan fingerprint density at radius 3 is 2.70 bits per heavy atom. The van der Waals surface area contributed by atoms with Crippen molar-refractivity contribution in [2.45, 2.75) is 65.1 Å². The molecule has 0 amide bonds. The van der Waals surface area contributed by atoms with Crippen LogP contribution in [0.15, 0.2) is 11.2 Å². The zero-order chi connectivity index (χ0) is 21.7. The summed E-state index contributed by atoms with van der Waals surface area (Å²) in [5, 5.41) is 11.6. The molecule has 9 heteroatoms. The number of piperazine rings is 1. The van der Waals surface area contributed by atoms with Gasteiger partial charge in [-0.15, -0.1) is 0 Å². The molecule has 3 heterocycles. The molecule has 2 atom stereocenters. The Morgan fingerprint density at radius 2 is 2.07 bits per heavy atom. The average molecular weight is 417 g/mol. The van der Waals surface area contributed by atoms with E-state index in [1.165, 1.54) is 12.8 Å². The van der Waals surface area contributed by atoms with Crippen molar-refractivity contribution in [1.82, 2.24) is 20.2 Å². The number of aliphatic imine (C=N–C) groups is 1. The first-order valence-electron chi connectivity index (χ1n) is 11.1. The molecule has 30 heavy (non-hydrogen) atoms. The normalized spacial score (nSPS) is 24.1. The Labute approximate surface area is 179 Å². The minimum atomic E-state index is -0.137. The minimum Gasteiger partial charge on any atom is -0.405 e. The number of nitrogens with one attached hydrogen (secondary N) is 2. The lowest BCUT2D eigenvalue weighted by atomic mass is 9.97. The van der Waals surface area contributed by atoms with Crippen LogP contribution in [0.4, 0.5) is 5.82 Å². The molecule has 0 aliphatic carbocycles. The van der Waals surface area contributed by atoms with Crippen LogP contribution in [0.3, 0.4) is 0 Å². The smallest absolute Gasteiger partial charge is 0.288 e. The fraction of sp³-hybridized carbons (Fsp3) is 0.714. The Kier molecular flexibility index (Phi) is 7.60. The second-order valence-electron chi connectivity index (χ2n) is 8.15. The first kappa shape index (κ1) is 22.4. The summed E-state index contributed by atoms with van der Waals surface area (Å²) in [6, 6.07) is 1.50. The van der Waals surface area contributed by atoms with Gasteiger partial charge in [-0.3, -0.25) is 10.3 Å². The van der Waals surface area contributed by atoms with Crippen molar-refractivity contribution >= 4 is 17.7 Å². The molecule has 0 saturated carbocycles. The third-order valence-corrected chi connectivity index (χ3v) is 6.08. The number of aromatic nitrogens is 2. The van der Waals surface area contributed by atoms with Crippen molar-refractivity contribution in [3.8, 4) is 0 Å². The molecule has 1 aromatic heterocycles. The van der Waals surface area contributed by atoms with Gasteiger partial charge in [0.2, 0.25) is 5.90 Å². The number of nitrogens with two attached hydrogens (primary N) is 1. The van der Waals surface area contributed by atoms with E-state index in [0.717, 1.165) is 44.1 Å². The first-order valence-corrected chi connectivity index (χ1v) is 11.1. The van der Waals surface area contributed by atoms with E-state index in [2.05, 4.69) is 43.9 Å². The third-order valence-electron chi connectivity index (χ3n) is 6.08. The van der Waals surface area contributed by atoms with Crippen LogP contribution >= 0.6 is 0 Å². The highest BCUT2D eigenvalue weighted by molar-refractivity contribution is 5.97. The molecule has 0 radical (unpaired) electrons. The summed E-state index contributed by atoms with van der Waals surface area (Å²) in [5.74, 6) is 0.750. The highest BCUT2D eigenvalue weighted by Gasteiger charge is 2.36. The van der Waals surface area contributed by atoms with Crippen LogP contribution in [-0.2, 0) is 4.74 Å². The van der Waals surface area contributed by atoms with Crippen LogP contribution in [-0.4, -0.2) is 77.6 Å². The number of rotatable bonds is 5. The number of anilines is 1. The van der Waals surface area contributed by atoms with Gasteiger partial charge >= 0.3 is 0 Å². The number of piperidine rings is 1. The van der Waals surface area contributed by atoms with E-state index in [1.54, 1.807) is 6.20 Å². The summed E-state index contributed by atoms with van der Waals surface area (Å²) < 4.78 is 5.24. The molecule has 0 spiro atoms. The summed E-state index contributed by atoms with van der Waals surface area (Å²) in [6.07, 6.45) is 5.16. The van der Waals surface area contributed by atoms with Crippen molar-refractivity contribution in [2.75, 3.05) is 37.6 Å². The van der Waals surface area contributed by atoms with E-state index in [4.69, 9.17) is 15.9 Å². The molecular formula is C21H36N8O. The molecule has 0 unspecified atom stereocenters. The summed E-state index contributed by atoms with van der Waals surface area (Å²) >= 11 is 0. The highest BCUT2D eigenvalue weighted by Crippen LogP contribution is 2.28. The van der Waals surface area contributed by atoms with Crippen LogP contribution in [0, 0.1) is 12.3 Å². The molecule has 166 valence electrons. The molecule has 1 aromatic rings. The molecule has 2 saturated heterocycles. The van der Waals surface area contributed by atoms with Gasteiger partial charge in [-0.05, 0) is 53.1 Å². The quantitative estimate of drug-likeness (QED) is 0.492. The van der Waals surface area contributed by atoms with E-state index < -0.39 is 0 Å². The zero-order valence-corrected chi connectivity index (χ0v) is 18.7. The van der Waals surface area contributed by atoms with Crippen molar-refractivity contribution in [2.24, 2.45) is 10.7 Å². The predicted molar refractivity (Wildman–Crippen MR) is 120 cm³/mol. The summed E-state index contributed by atoms with van der Waals surface area (Å²) in [7, 11) is 0. The largest absolute Gasteiger partial charge is 0.405 e. The van der Waals surface area contributed by atoms with E-state index >= 15 is 0 Å².